The highest BCUT2D eigenvalue weighted by molar-refractivity contribution is 5.91. The predicted octanol–water partition coefficient (Wildman–Crippen LogP) is 1.05. The van der Waals surface area contributed by atoms with Crippen molar-refractivity contribution in [2.24, 2.45) is 11.7 Å². The molecule has 1 aromatic carbocycles. The maximum absolute atomic E-state index is 12.2. The normalized spacial score (nSPS) is 19.3. The van der Waals surface area contributed by atoms with Crippen LogP contribution in [0.15, 0.2) is 24.3 Å². The molecule has 0 aromatic heterocycles. The number of hydrogen-bond donors (Lipinski definition) is 2. The highest BCUT2D eigenvalue weighted by Gasteiger charge is 2.23. The van der Waals surface area contributed by atoms with Crippen LogP contribution in [-0.2, 0) is 14.3 Å². The largest absolute Gasteiger partial charge is 0.378 e. The number of benzene rings is 1. The van der Waals surface area contributed by atoms with Crippen molar-refractivity contribution in [2.75, 3.05) is 56.2 Å². The first-order valence-corrected chi connectivity index (χ1v) is 9.36. The van der Waals surface area contributed by atoms with E-state index in [2.05, 4.69) is 15.1 Å². The third-order valence-corrected chi connectivity index (χ3v) is 5.17. The van der Waals surface area contributed by atoms with E-state index >= 15 is 0 Å². The van der Waals surface area contributed by atoms with Gasteiger partial charge in [0.05, 0.1) is 13.2 Å². The lowest BCUT2D eigenvalue weighted by Crippen LogP contribution is -2.39. The van der Waals surface area contributed by atoms with Gasteiger partial charge in [-0.3, -0.25) is 9.59 Å². The zero-order valence-electron chi connectivity index (χ0n) is 15.2. The Morgan fingerprint density at radius 2 is 1.73 bits per heavy atom. The molecule has 7 heteroatoms. The molecule has 0 bridgehead atoms. The fourth-order valence-electron chi connectivity index (χ4n) is 3.50. The van der Waals surface area contributed by atoms with Gasteiger partial charge in [-0.05, 0) is 50.2 Å². The topological polar surface area (TPSA) is 87.9 Å². The standard InChI is InChI=1S/C19H28N4O3/c20-19(25)15-5-8-22(9-6-15)10-7-18(24)21-16-1-3-17(4-2-16)23-11-13-26-14-12-23/h1-4,15H,5-14H2,(H2,20,25)(H,21,24). The molecule has 7 nitrogen and oxygen atoms in total. The van der Waals surface area contributed by atoms with Gasteiger partial charge in [0.2, 0.25) is 11.8 Å². The van der Waals surface area contributed by atoms with Gasteiger partial charge in [-0.2, -0.15) is 0 Å². The second-order valence-electron chi connectivity index (χ2n) is 6.96. The Morgan fingerprint density at radius 1 is 1.08 bits per heavy atom. The van der Waals surface area contributed by atoms with Crippen LogP contribution >= 0.6 is 0 Å². The molecule has 2 aliphatic rings. The van der Waals surface area contributed by atoms with Crippen LogP contribution in [0.1, 0.15) is 19.3 Å². The maximum atomic E-state index is 12.2. The minimum absolute atomic E-state index is 0.00921. The van der Waals surface area contributed by atoms with Crippen LogP contribution in [0, 0.1) is 5.92 Å². The van der Waals surface area contributed by atoms with Crippen molar-refractivity contribution in [1.29, 1.82) is 0 Å². The van der Waals surface area contributed by atoms with E-state index in [1.54, 1.807) is 0 Å². The highest BCUT2D eigenvalue weighted by Crippen LogP contribution is 2.20. The molecule has 1 aromatic rings. The summed E-state index contributed by atoms with van der Waals surface area (Å²) in [5, 5.41) is 2.96. The molecule has 0 unspecified atom stereocenters. The van der Waals surface area contributed by atoms with Gasteiger partial charge in [0.15, 0.2) is 0 Å². The second kappa shape index (κ2) is 9.00. The lowest BCUT2D eigenvalue weighted by Gasteiger charge is -2.30. The number of hydrogen-bond acceptors (Lipinski definition) is 5. The molecule has 2 amide bonds. The van der Waals surface area contributed by atoms with Crippen molar-refractivity contribution in [2.45, 2.75) is 19.3 Å². The fourth-order valence-corrected chi connectivity index (χ4v) is 3.50. The maximum Gasteiger partial charge on any atom is 0.225 e. The van der Waals surface area contributed by atoms with Gasteiger partial charge >= 0.3 is 0 Å². The smallest absolute Gasteiger partial charge is 0.225 e. The van der Waals surface area contributed by atoms with Crippen molar-refractivity contribution < 1.29 is 14.3 Å². The molecule has 3 rings (SSSR count). The van der Waals surface area contributed by atoms with E-state index < -0.39 is 0 Å². The number of amides is 2. The summed E-state index contributed by atoms with van der Waals surface area (Å²) in [5.41, 5.74) is 7.32. The quantitative estimate of drug-likeness (QED) is 0.792. The number of carbonyl (C=O) groups excluding carboxylic acids is 2. The van der Waals surface area contributed by atoms with E-state index in [1.165, 1.54) is 0 Å². The Morgan fingerprint density at radius 3 is 2.35 bits per heavy atom. The molecule has 142 valence electrons. The Balaban J connectivity index is 1.40. The van der Waals surface area contributed by atoms with Gasteiger partial charge in [-0.1, -0.05) is 0 Å². The van der Waals surface area contributed by atoms with Crippen LogP contribution < -0.4 is 16.0 Å². The summed E-state index contributed by atoms with van der Waals surface area (Å²) in [7, 11) is 0. The van der Waals surface area contributed by atoms with Gasteiger partial charge in [0, 0.05) is 43.3 Å². The van der Waals surface area contributed by atoms with Crippen LogP contribution in [0.25, 0.3) is 0 Å². The minimum atomic E-state index is -0.206. The molecule has 2 fully saturated rings. The monoisotopic (exact) mass is 360 g/mol. The Bertz CT molecular complexity index is 606. The van der Waals surface area contributed by atoms with Crippen molar-refractivity contribution in [3.05, 3.63) is 24.3 Å². The number of nitrogens with two attached hydrogens (primary N) is 1. The van der Waals surface area contributed by atoms with Crippen LogP contribution in [0.5, 0.6) is 0 Å². The summed E-state index contributed by atoms with van der Waals surface area (Å²) < 4.78 is 5.37. The van der Waals surface area contributed by atoms with E-state index in [0.717, 1.165) is 63.6 Å². The summed E-state index contributed by atoms with van der Waals surface area (Å²) in [6.45, 7) is 5.69. The average Bonchev–Trinajstić information content (AvgIpc) is 2.68. The summed E-state index contributed by atoms with van der Waals surface area (Å²) in [6.07, 6.45) is 2.03. The number of likely N-dealkylation sites (tertiary alicyclic amines) is 1. The third-order valence-electron chi connectivity index (χ3n) is 5.17. The number of ether oxygens (including phenoxy) is 1. The number of anilines is 2. The molecule has 0 radical (unpaired) electrons. The third kappa shape index (κ3) is 5.19. The summed E-state index contributed by atoms with van der Waals surface area (Å²) in [6, 6.07) is 7.97. The van der Waals surface area contributed by atoms with E-state index in [-0.39, 0.29) is 17.7 Å². The number of nitrogens with one attached hydrogen (secondary N) is 1. The molecule has 0 atom stereocenters. The van der Waals surface area contributed by atoms with Gasteiger partial charge < -0.3 is 25.6 Å². The van der Waals surface area contributed by atoms with Gasteiger partial charge in [-0.25, -0.2) is 0 Å². The SMILES string of the molecule is NC(=O)C1CCN(CCC(=O)Nc2ccc(N3CCOCC3)cc2)CC1. The van der Waals surface area contributed by atoms with E-state index in [0.29, 0.717) is 13.0 Å². The molecule has 2 heterocycles. The number of morpholine rings is 1. The van der Waals surface area contributed by atoms with Crippen molar-refractivity contribution in [3.8, 4) is 0 Å². The molecular formula is C19H28N4O3. The molecular weight excluding hydrogens is 332 g/mol. The average molecular weight is 360 g/mol. The molecule has 0 saturated carbocycles. The van der Waals surface area contributed by atoms with Crippen molar-refractivity contribution >= 4 is 23.2 Å². The van der Waals surface area contributed by atoms with E-state index in [4.69, 9.17) is 10.5 Å². The molecule has 2 saturated heterocycles. The van der Waals surface area contributed by atoms with Gasteiger partial charge in [-0.15, -0.1) is 0 Å². The lowest BCUT2D eigenvalue weighted by molar-refractivity contribution is -0.123. The first kappa shape index (κ1) is 18.7. The number of rotatable bonds is 6. The number of primary amides is 1. The Hall–Kier alpha value is -2.12. The number of carbonyl (C=O) groups is 2. The molecule has 2 aliphatic heterocycles. The number of nitrogens with zero attached hydrogens (tertiary/aromatic N) is 2. The van der Waals surface area contributed by atoms with E-state index in [9.17, 15) is 9.59 Å². The molecule has 0 spiro atoms. The summed E-state index contributed by atoms with van der Waals surface area (Å²) in [4.78, 5) is 27.9. The zero-order valence-corrected chi connectivity index (χ0v) is 15.2. The summed E-state index contributed by atoms with van der Waals surface area (Å²) >= 11 is 0. The van der Waals surface area contributed by atoms with E-state index in [1.807, 2.05) is 24.3 Å². The zero-order chi connectivity index (χ0) is 18.4. The second-order valence-corrected chi connectivity index (χ2v) is 6.96. The first-order valence-electron chi connectivity index (χ1n) is 9.36. The van der Waals surface area contributed by atoms with Crippen LogP contribution in [0.2, 0.25) is 0 Å². The molecule has 26 heavy (non-hydrogen) atoms. The van der Waals surface area contributed by atoms with Crippen LogP contribution in [-0.4, -0.2) is 62.7 Å². The van der Waals surface area contributed by atoms with Crippen molar-refractivity contribution in [1.82, 2.24) is 4.90 Å². The minimum Gasteiger partial charge on any atom is -0.378 e. The van der Waals surface area contributed by atoms with Crippen molar-refractivity contribution in [3.63, 3.8) is 0 Å². The van der Waals surface area contributed by atoms with Crippen LogP contribution in [0.3, 0.4) is 0 Å². The Labute approximate surface area is 154 Å². The predicted molar refractivity (Wildman–Crippen MR) is 101 cm³/mol. The number of piperidine rings is 1. The fraction of sp³-hybridized carbons (Fsp3) is 0.579. The molecule has 3 N–H and O–H groups in total. The summed E-state index contributed by atoms with van der Waals surface area (Å²) in [5.74, 6) is -0.200. The van der Waals surface area contributed by atoms with Crippen LogP contribution in [0.4, 0.5) is 11.4 Å². The van der Waals surface area contributed by atoms with Gasteiger partial charge in [0.1, 0.15) is 0 Å². The molecule has 0 aliphatic carbocycles. The van der Waals surface area contributed by atoms with Gasteiger partial charge in [0.25, 0.3) is 0 Å². The Kier molecular flexibility index (Phi) is 6.46. The first-order chi connectivity index (χ1) is 12.6. The lowest BCUT2D eigenvalue weighted by atomic mass is 9.96. The highest BCUT2D eigenvalue weighted by atomic mass is 16.5.